The van der Waals surface area contributed by atoms with E-state index in [0.29, 0.717) is 0 Å². The Hall–Kier alpha value is -0.780. The first-order valence-electron chi connectivity index (χ1n) is 7.76. The molecule has 1 rings (SSSR count). The number of unbranched alkanes of at least 4 members (excludes halogenated alkanes) is 1. The third kappa shape index (κ3) is 4.84. The molecule has 1 aliphatic rings. The summed E-state index contributed by atoms with van der Waals surface area (Å²) < 4.78 is 0. The Morgan fingerprint density at radius 3 is 2.78 bits per heavy atom. The third-order valence-corrected chi connectivity index (χ3v) is 4.14. The maximum atomic E-state index is 3.94. The Bertz CT molecular complexity index is 282. The highest BCUT2D eigenvalue weighted by molar-refractivity contribution is 5.21. The zero-order chi connectivity index (χ0) is 13.2. The summed E-state index contributed by atoms with van der Waals surface area (Å²) in [7, 11) is 0. The normalized spacial score (nSPS) is 22.6. The molecule has 1 unspecified atom stereocenters. The Labute approximate surface area is 114 Å². The van der Waals surface area contributed by atoms with Gasteiger partial charge < -0.3 is 0 Å². The van der Waals surface area contributed by atoms with Crippen molar-refractivity contribution >= 4 is 0 Å². The van der Waals surface area contributed by atoms with Gasteiger partial charge in [-0.1, -0.05) is 43.1 Å². The predicted octanol–water partition coefficient (Wildman–Crippen LogP) is 6.21. The molecule has 1 saturated carbocycles. The lowest BCUT2D eigenvalue weighted by Crippen LogP contribution is -2.12. The molecule has 1 fully saturated rings. The van der Waals surface area contributed by atoms with Crippen molar-refractivity contribution in [2.24, 2.45) is 5.92 Å². The second kappa shape index (κ2) is 9.19. The Kier molecular flexibility index (Phi) is 7.80. The summed E-state index contributed by atoms with van der Waals surface area (Å²) in [5.41, 5.74) is 3.50. The monoisotopic (exact) mass is 246 g/mol. The molecule has 1 atom stereocenters. The van der Waals surface area contributed by atoms with Gasteiger partial charge in [-0.3, -0.25) is 0 Å². The highest BCUT2D eigenvalue weighted by Gasteiger charge is 2.20. The van der Waals surface area contributed by atoms with Crippen molar-refractivity contribution < 1.29 is 0 Å². The molecule has 0 aromatic carbocycles. The fourth-order valence-corrected chi connectivity index (χ4v) is 3.15. The molecule has 0 aromatic heterocycles. The third-order valence-electron chi connectivity index (χ3n) is 4.14. The molecule has 0 N–H and O–H groups in total. The van der Waals surface area contributed by atoms with Crippen LogP contribution >= 0.6 is 0 Å². The molecule has 0 bridgehead atoms. The fourth-order valence-electron chi connectivity index (χ4n) is 3.15. The summed E-state index contributed by atoms with van der Waals surface area (Å²) in [5.74, 6) is 0.837. The standard InChI is InChI=1S/C18H30/c1-4-7-12-16(11-6-3)18-15-10-9-14-17(18)13-8-5-2/h5-6,17H,2-4,7-15H2,1H3/b18-16+. The van der Waals surface area contributed by atoms with E-state index in [9.17, 15) is 0 Å². The summed E-state index contributed by atoms with van der Waals surface area (Å²) >= 11 is 0. The minimum Gasteiger partial charge on any atom is -0.103 e. The molecule has 0 heterocycles. The largest absolute Gasteiger partial charge is 0.103 e. The van der Waals surface area contributed by atoms with Crippen molar-refractivity contribution in [3.8, 4) is 0 Å². The highest BCUT2D eigenvalue weighted by Crippen LogP contribution is 2.37. The van der Waals surface area contributed by atoms with Crippen LogP contribution in [0.4, 0.5) is 0 Å². The van der Waals surface area contributed by atoms with Crippen molar-refractivity contribution in [2.75, 3.05) is 0 Å². The Morgan fingerprint density at radius 2 is 2.11 bits per heavy atom. The average molecular weight is 246 g/mol. The minimum atomic E-state index is 0.837. The van der Waals surface area contributed by atoms with Gasteiger partial charge in [0, 0.05) is 0 Å². The number of rotatable bonds is 8. The molecule has 0 aliphatic heterocycles. The van der Waals surface area contributed by atoms with Crippen LogP contribution in [-0.4, -0.2) is 0 Å². The maximum absolute atomic E-state index is 3.94. The topological polar surface area (TPSA) is 0 Å². The van der Waals surface area contributed by atoms with Crippen molar-refractivity contribution in [1.82, 2.24) is 0 Å². The van der Waals surface area contributed by atoms with Gasteiger partial charge in [-0.15, -0.1) is 13.2 Å². The van der Waals surface area contributed by atoms with Gasteiger partial charge in [-0.05, 0) is 57.3 Å². The number of allylic oxidation sites excluding steroid dienone is 4. The van der Waals surface area contributed by atoms with Gasteiger partial charge in [0.15, 0.2) is 0 Å². The zero-order valence-corrected chi connectivity index (χ0v) is 12.2. The quantitative estimate of drug-likeness (QED) is 0.447. The van der Waals surface area contributed by atoms with E-state index in [1.54, 1.807) is 11.1 Å². The summed E-state index contributed by atoms with van der Waals surface area (Å²) in [4.78, 5) is 0. The first kappa shape index (κ1) is 15.3. The second-order valence-electron chi connectivity index (χ2n) is 5.53. The van der Waals surface area contributed by atoms with Crippen molar-refractivity contribution in [1.29, 1.82) is 0 Å². The smallest absolute Gasteiger partial charge is 0.0139 e. The van der Waals surface area contributed by atoms with Gasteiger partial charge in [0.05, 0.1) is 0 Å². The molecular formula is C18H30. The van der Waals surface area contributed by atoms with Crippen molar-refractivity contribution in [2.45, 2.75) is 71.1 Å². The number of hydrogen-bond acceptors (Lipinski definition) is 0. The van der Waals surface area contributed by atoms with Crippen LogP contribution in [0.1, 0.15) is 71.1 Å². The molecule has 0 heteroatoms. The Balaban J connectivity index is 2.78. The van der Waals surface area contributed by atoms with Gasteiger partial charge in [-0.2, -0.15) is 0 Å². The molecule has 18 heavy (non-hydrogen) atoms. The fraction of sp³-hybridized carbons (Fsp3) is 0.667. The van der Waals surface area contributed by atoms with Gasteiger partial charge in [0.25, 0.3) is 0 Å². The van der Waals surface area contributed by atoms with Crippen LogP contribution in [-0.2, 0) is 0 Å². The van der Waals surface area contributed by atoms with Crippen molar-refractivity contribution in [3.63, 3.8) is 0 Å². The second-order valence-corrected chi connectivity index (χ2v) is 5.53. The lowest BCUT2D eigenvalue weighted by molar-refractivity contribution is 0.423. The first-order chi connectivity index (χ1) is 8.83. The van der Waals surface area contributed by atoms with Crippen LogP contribution in [0.2, 0.25) is 0 Å². The zero-order valence-electron chi connectivity index (χ0n) is 12.2. The predicted molar refractivity (Wildman–Crippen MR) is 82.8 cm³/mol. The van der Waals surface area contributed by atoms with E-state index in [1.165, 1.54) is 57.8 Å². The van der Waals surface area contributed by atoms with E-state index in [2.05, 4.69) is 32.2 Å². The lowest BCUT2D eigenvalue weighted by atomic mass is 9.77. The average Bonchev–Trinajstić information content (AvgIpc) is 2.41. The van der Waals surface area contributed by atoms with E-state index in [4.69, 9.17) is 0 Å². The van der Waals surface area contributed by atoms with Crippen LogP contribution in [0.25, 0.3) is 0 Å². The van der Waals surface area contributed by atoms with E-state index in [1.807, 2.05) is 0 Å². The summed E-state index contributed by atoms with van der Waals surface area (Å²) in [5, 5.41) is 0. The van der Waals surface area contributed by atoms with Crippen LogP contribution < -0.4 is 0 Å². The lowest BCUT2D eigenvalue weighted by Gasteiger charge is -2.28. The van der Waals surface area contributed by atoms with E-state index in [0.717, 1.165) is 12.3 Å². The highest BCUT2D eigenvalue weighted by atomic mass is 14.3. The van der Waals surface area contributed by atoms with E-state index in [-0.39, 0.29) is 0 Å². The first-order valence-corrected chi connectivity index (χ1v) is 7.76. The summed E-state index contributed by atoms with van der Waals surface area (Å²) in [6.45, 7) is 10.1. The van der Waals surface area contributed by atoms with Crippen LogP contribution in [0.5, 0.6) is 0 Å². The molecule has 0 nitrogen and oxygen atoms in total. The molecule has 1 aliphatic carbocycles. The molecule has 0 aromatic rings. The summed E-state index contributed by atoms with van der Waals surface area (Å²) in [6, 6.07) is 0. The van der Waals surface area contributed by atoms with Gasteiger partial charge in [-0.25, -0.2) is 0 Å². The molecule has 0 radical (unpaired) electrons. The minimum absolute atomic E-state index is 0.837. The molecule has 0 spiro atoms. The molecule has 0 saturated heterocycles. The SMILES string of the molecule is C=CCCC1CCCC/C1=C(/CC=C)CCCC. The van der Waals surface area contributed by atoms with E-state index < -0.39 is 0 Å². The maximum Gasteiger partial charge on any atom is -0.0139 e. The van der Waals surface area contributed by atoms with Crippen LogP contribution in [0, 0.1) is 5.92 Å². The van der Waals surface area contributed by atoms with E-state index >= 15 is 0 Å². The van der Waals surface area contributed by atoms with Gasteiger partial charge in [0.2, 0.25) is 0 Å². The van der Waals surface area contributed by atoms with Gasteiger partial charge in [0.1, 0.15) is 0 Å². The summed E-state index contributed by atoms with van der Waals surface area (Å²) in [6.07, 6.45) is 17.2. The number of hydrogen-bond donors (Lipinski definition) is 0. The van der Waals surface area contributed by atoms with Crippen LogP contribution in [0.15, 0.2) is 36.5 Å². The van der Waals surface area contributed by atoms with Crippen molar-refractivity contribution in [3.05, 3.63) is 36.5 Å². The molecule has 0 amide bonds. The van der Waals surface area contributed by atoms with Crippen LogP contribution in [0.3, 0.4) is 0 Å². The van der Waals surface area contributed by atoms with Gasteiger partial charge >= 0.3 is 0 Å². The molecular weight excluding hydrogens is 216 g/mol. The Morgan fingerprint density at radius 1 is 1.28 bits per heavy atom. The molecule has 102 valence electrons.